The molecule has 2 N–H and O–H groups in total. The Hall–Kier alpha value is -2.32. The van der Waals surface area contributed by atoms with E-state index in [-0.39, 0.29) is 18.0 Å². The van der Waals surface area contributed by atoms with Gasteiger partial charge in [-0.1, -0.05) is 31.7 Å². The van der Waals surface area contributed by atoms with Crippen molar-refractivity contribution in [2.45, 2.75) is 62.9 Å². The second kappa shape index (κ2) is 9.89. The van der Waals surface area contributed by atoms with Crippen molar-refractivity contribution >= 4 is 29.0 Å². The number of piperidine rings is 1. The molecule has 2 aliphatic carbocycles. The van der Waals surface area contributed by atoms with Crippen LogP contribution in [0.2, 0.25) is 0 Å². The molecule has 33 heavy (non-hydrogen) atoms. The number of thiophene rings is 1. The number of quaternary nitrogens is 1. The number of nitrogens with one attached hydrogen (secondary N) is 2. The fourth-order valence-electron chi connectivity index (χ4n) is 6.01. The Labute approximate surface area is 199 Å². The highest BCUT2D eigenvalue weighted by atomic mass is 32.1. The fourth-order valence-corrected chi connectivity index (χ4v) is 6.99. The first kappa shape index (κ1) is 22.5. The summed E-state index contributed by atoms with van der Waals surface area (Å²) in [6.07, 6.45) is 13.1. The van der Waals surface area contributed by atoms with Crippen LogP contribution >= 0.6 is 11.3 Å². The van der Waals surface area contributed by atoms with Crippen LogP contribution in [0.5, 0.6) is 0 Å². The molecule has 1 aliphatic heterocycles. The number of nitrogens with zero attached hydrogens (tertiary/aromatic N) is 2. The van der Waals surface area contributed by atoms with E-state index in [1.54, 1.807) is 29.9 Å². The van der Waals surface area contributed by atoms with Crippen LogP contribution in [0.1, 0.15) is 56.2 Å². The Morgan fingerprint density at radius 3 is 2.76 bits per heavy atom. The molecule has 1 saturated heterocycles. The van der Waals surface area contributed by atoms with Gasteiger partial charge in [-0.3, -0.25) is 14.6 Å². The predicted molar refractivity (Wildman–Crippen MR) is 126 cm³/mol. The van der Waals surface area contributed by atoms with Gasteiger partial charge in [-0.05, 0) is 30.7 Å². The summed E-state index contributed by atoms with van der Waals surface area (Å²) in [5.74, 6) is 1.44. The Bertz CT molecular complexity index is 944. The number of ether oxygens (including phenoxy) is 1. The van der Waals surface area contributed by atoms with Crippen molar-refractivity contribution in [1.82, 2.24) is 9.97 Å². The highest BCUT2D eigenvalue weighted by Gasteiger charge is 2.51. The molecule has 2 unspecified atom stereocenters. The maximum Gasteiger partial charge on any atom is 0.317 e. The minimum absolute atomic E-state index is 0.00780. The second-order valence-electron chi connectivity index (χ2n) is 9.89. The summed E-state index contributed by atoms with van der Waals surface area (Å²) >= 11 is 1.70. The molecule has 8 heteroatoms. The molecule has 2 saturated carbocycles. The number of fused-ring (bicyclic) bond motifs is 1. The Kier molecular flexibility index (Phi) is 6.74. The molecule has 0 aromatic carbocycles. The van der Waals surface area contributed by atoms with Crippen LogP contribution in [-0.4, -0.2) is 47.6 Å². The van der Waals surface area contributed by atoms with Crippen LogP contribution in [-0.2, 0) is 19.7 Å². The number of esters is 1. The average molecular weight is 470 g/mol. The van der Waals surface area contributed by atoms with Crippen LogP contribution in [0.4, 0.5) is 5.82 Å². The van der Waals surface area contributed by atoms with E-state index in [2.05, 4.69) is 32.8 Å². The number of amides is 1. The van der Waals surface area contributed by atoms with E-state index in [1.807, 2.05) is 0 Å². The van der Waals surface area contributed by atoms with E-state index in [0.29, 0.717) is 24.2 Å². The first-order valence-corrected chi connectivity index (χ1v) is 13.2. The lowest BCUT2D eigenvalue weighted by molar-refractivity contribution is -0.904. The third kappa shape index (κ3) is 4.82. The predicted octanol–water partition coefficient (Wildman–Crippen LogP) is 2.61. The maximum absolute atomic E-state index is 13.5. The van der Waals surface area contributed by atoms with Gasteiger partial charge in [-0.15, -0.1) is 11.3 Å². The molecule has 176 valence electrons. The van der Waals surface area contributed by atoms with Gasteiger partial charge in [-0.2, -0.15) is 0 Å². The second-order valence-corrected chi connectivity index (χ2v) is 10.8. The standard InChI is InChI=1S/C25H32N4O3S/c30-23(28-22-15-26-10-11-27-22)17-29-12-7-19-18(16-29)14-20(19)32-24(31)25(21-6-5-13-33-21)8-3-1-2-4-9-25/h5-6,10-11,13,15,18-20H,1-4,7-9,12,14,16-17H2,(H,27,28,30)/p+1/t18?,19-,20-/m0/s1. The number of hydrogen-bond acceptors (Lipinski definition) is 6. The Morgan fingerprint density at radius 2 is 2.06 bits per heavy atom. The molecule has 2 aromatic rings. The zero-order valence-corrected chi connectivity index (χ0v) is 19.8. The Balaban J connectivity index is 1.15. The molecule has 3 fully saturated rings. The lowest BCUT2D eigenvalue weighted by Crippen LogP contribution is -3.15. The van der Waals surface area contributed by atoms with Gasteiger partial charge < -0.3 is 15.0 Å². The van der Waals surface area contributed by atoms with Crippen LogP contribution in [0, 0.1) is 11.8 Å². The largest absolute Gasteiger partial charge is 0.461 e. The summed E-state index contributed by atoms with van der Waals surface area (Å²) in [5.41, 5.74) is -0.444. The first-order chi connectivity index (χ1) is 16.1. The number of rotatable bonds is 6. The first-order valence-electron chi connectivity index (χ1n) is 12.3. The highest BCUT2D eigenvalue weighted by molar-refractivity contribution is 7.10. The molecule has 0 radical (unpaired) electrons. The van der Waals surface area contributed by atoms with Crippen molar-refractivity contribution in [3.63, 3.8) is 0 Å². The van der Waals surface area contributed by atoms with Crippen molar-refractivity contribution in [3.8, 4) is 0 Å². The van der Waals surface area contributed by atoms with E-state index in [1.165, 1.54) is 22.6 Å². The molecule has 0 bridgehead atoms. The molecule has 4 atom stereocenters. The van der Waals surface area contributed by atoms with Crippen molar-refractivity contribution in [2.24, 2.45) is 11.8 Å². The lowest BCUT2D eigenvalue weighted by atomic mass is 9.67. The van der Waals surface area contributed by atoms with E-state index in [4.69, 9.17) is 4.74 Å². The zero-order chi connectivity index (χ0) is 22.7. The summed E-state index contributed by atoms with van der Waals surface area (Å²) in [4.78, 5) is 36.5. The number of aromatic nitrogens is 2. The number of anilines is 1. The zero-order valence-electron chi connectivity index (χ0n) is 19.0. The van der Waals surface area contributed by atoms with Crippen LogP contribution < -0.4 is 10.2 Å². The molecule has 3 aliphatic rings. The molecule has 3 heterocycles. The van der Waals surface area contributed by atoms with Crippen molar-refractivity contribution < 1.29 is 19.2 Å². The molecule has 1 amide bonds. The van der Waals surface area contributed by atoms with E-state index < -0.39 is 5.41 Å². The molecule has 7 nitrogen and oxygen atoms in total. The maximum atomic E-state index is 13.5. The quantitative estimate of drug-likeness (QED) is 0.502. The van der Waals surface area contributed by atoms with E-state index in [9.17, 15) is 9.59 Å². The number of likely N-dealkylation sites (tertiary alicyclic amines) is 1. The SMILES string of the molecule is O=C(C[NH+]1CC[C@H]2C(C[C@@H]2OC(=O)C2(c3cccs3)CCCCCC2)C1)Nc1cnccn1. The van der Waals surface area contributed by atoms with Gasteiger partial charge in [-0.25, -0.2) is 4.98 Å². The summed E-state index contributed by atoms with van der Waals surface area (Å²) in [7, 11) is 0. The summed E-state index contributed by atoms with van der Waals surface area (Å²) in [6.45, 7) is 2.33. The van der Waals surface area contributed by atoms with Gasteiger partial charge in [0.2, 0.25) is 0 Å². The van der Waals surface area contributed by atoms with E-state index >= 15 is 0 Å². The average Bonchev–Trinajstić information content (AvgIpc) is 3.23. The Morgan fingerprint density at radius 1 is 1.21 bits per heavy atom. The normalized spacial score (nSPS) is 28.6. The number of hydrogen-bond donors (Lipinski definition) is 2. The summed E-state index contributed by atoms with van der Waals surface area (Å²) in [5, 5.41) is 4.90. The van der Waals surface area contributed by atoms with Gasteiger partial charge in [0.15, 0.2) is 12.4 Å². The van der Waals surface area contributed by atoms with Gasteiger partial charge in [0, 0.05) is 35.5 Å². The topological polar surface area (TPSA) is 85.6 Å². The summed E-state index contributed by atoms with van der Waals surface area (Å²) < 4.78 is 6.24. The fraction of sp³-hybridized carbons (Fsp3) is 0.600. The number of carbonyl (C=O) groups is 2. The van der Waals surface area contributed by atoms with Crippen LogP contribution in [0.3, 0.4) is 0 Å². The highest BCUT2D eigenvalue weighted by Crippen LogP contribution is 2.45. The van der Waals surface area contributed by atoms with Gasteiger partial charge in [0.05, 0.1) is 19.3 Å². The van der Waals surface area contributed by atoms with Crippen molar-refractivity contribution in [3.05, 3.63) is 41.0 Å². The van der Waals surface area contributed by atoms with Crippen LogP contribution in [0.15, 0.2) is 36.1 Å². The monoisotopic (exact) mass is 469 g/mol. The minimum Gasteiger partial charge on any atom is -0.461 e. The molecule has 0 spiro atoms. The van der Waals surface area contributed by atoms with Gasteiger partial charge in [0.25, 0.3) is 5.91 Å². The van der Waals surface area contributed by atoms with Gasteiger partial charge in [0.1, 0.15) is 11.5 Å². The number of carbonyl (C=O) groups excluding carboxylic acids is 2. The van der Waals surface area contributed by atoms with E-state index in [0.717, 1.165) is 51.6 Å². The molecule has 2 aromatic heterocycles. The van der Waals surface area contributed by atoms with Crippen LogP contribution in [0.25, 0.3) is 0 Å². The van der Waals surface area contributed by atoms with Gasteiger partial charge >= 0.3 is 5.97 Å². The van der Waals surface area contributed by atoms with Crippen molar-refractivity contribution in [2.75, 3.05) is 25.0 Å². The summed E-state index contributed by atoms with van der Waals surface area (Å²) in [6, 6.07) is 4.17. The third-order valence-corrected chi connectivity index (χ3v) is 8.91. The smallest absolute Gasteiger partial charge is 0.317 e. The third-order valence-electron chi connectivity index (χ3n) is 7.84. The molecular formula is C25H33N4O3S+. The molecular weight excluding hydrogens is 436 g/mol. The van der Waals surface area contributed by atoms with Crippen molar-refractivity contribution in [1.29, 1.82) is 0 Å². The minimum atomic E-state index is -0.444. The lowest BCUT2D eigenvalue weighted by Gasteiger charge is -2.48. The molecule has 5 rings (SSSR count).